The van der Waals surface area contributed by atoms with Crippen molar-refractivity contribution in [3.8, 4) is 5.75 Å². The molecule has 0 aliphatic heterocycles. The SMILES string of the molecule is COc1cccc(SCC(=O)OC(C)(C)C)c1[C@H](C)O. The Labute approximate surface area is 124 Å². The second-order valence-electron chi connectivity index (χ2n) is 5.42. The normalized spacial score (nSPS) is 12.9. The van der Waals surface area contributed by atoms with E-state index in [1.165, 1.54) is 11.8 Å². The number of carbonyl (C=O) groups is 1. The zero-order valence-corrected chi connectivity index (χ0v) is 13.4. The number of carbonyl (C=O) groups excluding carboxylic acids is 1. The zero-order valence-electron chi connectivity index (χ0n) is 12.6. The number of methoxy groups -OCH3 is 1. The van der Waals surface area contributed by atoms with Crippen LogP contribution in [0.25, 0.3) is 0 Å². The molecule has 0 unspecified atom stereocenters. The maximum atomic E-state index is 11.7. The van der Waals surface area contributed by atoms with E-state index in [1.54, 1.807) is 20.1 Å². The van der Waals surface area contributed by atoms with Crippen molar-refractivity contribution in [1.29, 1.82) is 0 Å². The van der Waals surface area contributed by atoms with Gasteiger partial charge in [-0.1, -0.05) is 6.07 Å². The summed E-state index contributed by atoms with van der Waals surface area (Å²) in [4.78, 5) is 12.6. The quantitative estimate of drug-likeness (QED) is 0.668. The minimum absolute atomic E-state index is 0.199. The van der Waals surface area contributed by atoms with E-state index in [1.807, 2.05) is 32.9 Å². The van der Waals surface area contributed by atoms with E-state index < -0.39 is 11.7 Å². The van der Waals surface area contributed by atoms with E-state index in [0.29, 0.717) is 11.3 Å². The number of aliphatic hydroxyl groups excluding tert-OH is 1. The highest BCUT2D eigenvalue weighted by Crippen LogP contribution is 2.34. The van der Waals surface area contributed by atoms with Crippen LogP contribution in [-0.2, 0) is 9.53 Å². The van der Waals surface area contributed by atoms with Gasteiger partial charge in [0, 0.05) is 10.5 Å². The maximum Gasteiger partial charge on any atom is 0.316 e. The molecule has 1 rings (SSSR count). The summed E-state index contributed by atoms with van der Waals surface area (Å²) in [5.41, 5.74) is 0.211. The molecule has 0 amide bonds. The van der Waals surface area contributed by atoms with Gasteiger partial charge in [0.1, 0.15) is 11.4 Å². The van der Waals surface area contributed by atoms with Gasteiger partial charge < -0.3 is 14.6 Å². The third-order valence-electron chi connectivity index (χ3n) is 2.43. The Morgan fingerprint density at radius 2 is 2.05 bits per heavy atom. The van der Waals surface area contributed by atoms with Crippen molar-refractivity contribution >= 4 is 17.7 Å². The molecule has 1 N–H and O–H groups in total. The lowest BCUT2D eigenvalue weighted by Gasteiger charge is -2.20. The lowest BCUT2D eigenvalue weighted by Crippen LogP contribution is -2.24. The molecule has 1 aromatic carbocycles. The number of aliphatic hydroxyl groups is 1. The van der Waals surface area contributed by atoms with Crippen molar-refractivity contribution in [2.75, 3.05) is 12.9 Å². The summed E-state index contributed by atoms with van der Waals surface area (Å²) < 4.78 is 10.5. The lowest BCUT2D eigenvalue weighted by molar-refractivity contribution is -0.151. The van der Waals surface area contributed by atoms with E-state index in [0.717, 1.165) is 4.90 Å². The van der Waals surface area contributed by atoms with Gasteiger partial charge >= 0.3 is 5.97 Å². The Kier molecular flexibility index (Phi) is 5.89. The molecule has 0 aromatic heterocycles. The van der Waals surface area contributed by atoms with Gasteiger partial charge in [0.25, 0.3) is 0 Å². The highest BCUT2D eigenvalue weighted by atomic mass is 32.2. The van der Waals surface area contributed by atoms with Crippen LogP contribution in [0.4, 0.5) is 0 Å². The average molecular weight is 298 g/mol. The fourth-order valence-electron chi connectivity index (χ4n) is 1.75. The van der Waals surface area contributed by atoms with Crippen LogP contribution in [0.5, 0.6) is 5.75 Å². The second kappa shape index (κ2) is 6.99. The molecule has 0 saturated carbocycles. The van der Waals surface area contributed by atoms with Crippen molar-refractivity contribution in [3.63, 3.8) is 0 Å². The summed E-state index contributed by atoms with van der Waals surface area (Å²) in [6.45, 7) is 7.18. The van der Waals surface area contributed by atoms with Crippen molar-refractivity contribution < 1.29 is 19.4 Å². The number of hydrogen-bond donors (Lipinski definition) is 1. The van der Waals surface area contributed by atoms with E-state index in [-0.39, 0.29) is 11.7 Å². The van der Waals surface area contributed by atoms with Gasteiger partial charge in [0.15, 0.2) is 0 Å². The monoisotopic (exact) mass is 298 g/mol. The van der Waals surface area contributed by atoms with Gasteiger partial charge in [-0.15, -0.1) is 11.8 Å². The molecule has 20 heavy (non-hydrogen) atoms. The number of rotatable bonds is 5. The van der Waals surface area contributed by atoms with Crippen LogP contribution < -0.4 is 4.74 Å². The summed E-state index contributed by atoms with van der Waals surface area (Å²) in [7, 11) is 1.56. The van der Waals surface area contributed by atoms with Crippen molar-refractivity contribution in [3.05, 3.63) is 23.8 Å². The fraction of sp³-hybridized carbons (Fsp3) is 0.533. The third-order valence-corrected chi connectivity index (χ3v) is 3.48. The predicted octanol–water partition coefficient (Wildman–Crippen LogP) is 3.18. The smallest absolute Gasteiger partial charge is 0.316 e. The van der Waals surface area contributed by atoms with Gasteiger partial charge in [-0.3, -0.25) is 4.79 Å². The molecule has 1 atom stereocenters. The lowest BCUT2D eigenvalue weighted by atomic mass is 10.1. The molecule has 0 heterocycles. The number of ether oxygens (including phenoxy) is 2. The zero-order chi connectivity index (χ0) is 15.3. The summed E-state index contributed by atoms with van der Waals surface area (Å²) in [5.74, 6) is 0.542. The molecule has 4 nitrogen and oxygen atoms in total. The molecule has 0 aliphatic carbocycles. The van der Waals surface area contributed by atoms with Gasteiger partial charge in [0.05, 0.1) is 19.0 Å². The van der Waals surface area contributed by atoms with Gasteiger partial charge in [-0.25, -0.2) is 0 Å². The van der Waals surface area contributed by atoms with E-state index in [9.17, 15) is 9.90 Å². The number of hydrogen-bond acceptors (Lipinski definition) is 5. The molecular formula is C15H22O4S. The Morgan fingerprint density at radius 3 is 2.55 bits per heavy atom. The van der Waals surface area contributed by atoms with Gasteiger partial charge in [0.2, 0.25) is 0 Å². The predicted molar refractivity (Wildman–Crippen MR) is 80.2 cm³/mol. The first-order valence-electron chi connectivity index (χ1n) is 6.44. The molecule has 1 aromatic rings. The minimum atomic E-state index is -0.660. The van der Waals surface area contributed by atoms with Crippen LogP contribution in [0.1, 0.15) is 39.4 Å². The first kappa shape index (κ1) is 16.9. The molecule has 112 valence electrons. The van der Waals surface area contributed by atoms with Crippen LogP contribution in [0.3, 0.4) is 0 Å². The standard InChI is InChI=1S/C15H22O4S/c1-10(16)14-11(18-5)7-6-8-12(14)20-9-13(17)19-15(2,3)4/h6-8,10,16H,9H2,1-5H3/t10-/m0/s1. The molecule has 0 aliphatic rings. The second-order valence-corrected chi connectivity index (χ2v) is 6.44. The summed E-state index contributed by atoms with van der Waals surface area (Å²) in [6, 6.07) is 5.49. The Morgan fingerprint density at radius 1 is 1.40 bits per heavy atom. The number of thioether (sulfide) groups is 1. The van der Waals surface area contributed by atoms with Crippen molar-refractivity contribution in [2.45, 2.75) is 44.3 Å². The van der Waals surface area contributed by atoms with Crippen LogP contribution in [0.2, 0.25) is 0 Å². The molecule has 5 heteroatoms. The van der Waals surface area contributed by atoms with Crippen LogP contribution in [-0.4, -0.2) is 29.5 Å². The maximum absolute atomic E-state index is 11.7. The van der Waals surface area contributed by atoms with E-state index in [2.05, 4.69) is 0 Å². The third kappa shape index (κ3) is 5.06. The molecule has 0 bridgehead atoms. The van der Waals surface area contributed by atoms with Crippen molar-refractivity contribution in [1.82, 2.24) is 0 Å². The highest BCUT2D eigenvalue weighted by molar-refractivity contribution is 8.00. The summed E-state index contributed by atoms with van der Waals surface area (Å²) >= 11 is 1.34. The molecular weight excluding hydrogens is 276 g/mol. The Bertz CT molecular complexity index is 463. The minimum Gasteiger partial charge on any atom is -0.496 e. The molecule has 0 fully saturated rings. The first-order valence-corrected chi connectivity index (χ1v) is 7.42. The Balaban J connectivity index is 2.80. The first-order chi connectivity index (χ1) is 9.24. The summed E-state index contributed by atoms with van der Waals surface area (Å²) in [6.07, 6.45) is -0.660. The Hall–Kier alpha value is -1.20. The average Bonchev–Trinajstić information content (AvgIpc) is 2.33. The van der Waals surface area contributed by atoms with Gasteiger partial charge in [-0.05, 0) is 39.8 Å². The molecule has 0 spiro atoms. The van der Waals surface area contributed by atoms with Gasteiger partial charge in [-0.2, -0.15) is 0 Å². The fourth-order valence-corrected chi connectivity index (χ4v) is 2.68. The van der Waals surface area contributed by atoms with E-state index in [4.69, 9.17) is 9.47 Å². The topological polar surface area (TPSA) is 55.8 Å². The number of benzene rings is 1. The van der Waals surface area contributed by atoms with Crippen molar-refractivity contribution in [2.24, 2.45) is 0 Å². The number of esters is 1. The summed E-state index contributed by atoms with van der Waals surface area (Å²) in [5, 5.41) is 9.86. The van der Waals surface area contributed by atoms with E-state index >= 15 is 0 Å². The highest BCUT2D eigenvalue weighted by Gasteiger charge is 2.19. The molecule has 0 saturated heterocycles. The molecule has 0 radical (unpaired) electrons. The largest absolute Gasteiger partial charge is 0.496 e. The van der Waals surface area contributed by atoms with Crippen LogP contribution >= 0.6 is 11.8 Å². The van der Waals surface area contributed by atoms with Crippen LogP contribution in [0.15, 0.2) is 23.1 Å². The van der Waals surface area contributed by atoms with Crippen LogP contribution in [0, 0.1) is 0 Å².